The number of rotatable bonds is 2. The maximum atomic E-state index is 9.19. The number of aromatic hydroxyl groups is 1. The summed E-state index contributed by atoms with van der Waals surface area (Å²) in [4.78, 5) is 0. The molecule has 1 aliphatic rings. The third-order valence-electron chi connectivity index (χ3n) is 3.47. The molecule has 0 aromatic heterocycles. The summed E-state index contributed by atoms with van der Waals surface area (Å²) in [6.45, 7) is 2.26. The average Bonchev–Trinajstić information content (AvgIpc) is 2.07. The van der Waals surface area contributed by atoms with E-state index in [4.69, 9.17) is 0 Å². The Bertz CT molecular complexity index is 277. The average molecular weight is 176 g/mol. The van der Waals surface area contributed by atoms with Crippen LogP contribution in [0.3, 0.4) is 0 Å². The molecule has 1 N–H and O–H groups in total. The molecule has 0 bridgehead atoms. The molecule has 70 valence electrons. The maximum absolute atomic E-state index is 9.19. The van der Waals surface area contributed by atoms with Crippen LogP contribution in [-0.4, -0.2) is 5.11 Å². The molecule has 0 aliphatic heterocycles. The highest BCUT2D eigenvalue weighted by atomic mass is 16.3. The third kappa shape index (κ3) is 1.32. The number of phenols is 1. The predicted molar refractivity (Wildman–Crippen MR) is 53.9 cm³/mol. The first-order valence-corrected chi connectivity index (χ1v) is 5.06. The summed E-state index contributed by atoms with van der Waals surface area (Å²) in [5.74, 6) is 0.370. The van der Waals surface area contributed by atoms with E-state index in [1.165, 1.54) is 31.2 Å². The number of hydrogen-bond donors (Lipinski definition) is 1. The van der Waals surface area contributed by atoms with Crippen LogP contribution in [0.25, 0.3) is 0 Å². The van der Waals surface area contributed by atoms with Crippen LogP contribution in [0.4, 0.5) is 0 Å². The topological polar surface area (TPSA) is 20.2 Å². The largest absolute Gasteiger partial charge is 0.508 e. The zero-order valence-electron chi connectivity index (χ0n) is 8.09. The smallest absolute Gasteiger partial charge is 0.115 e. The van der Waals surface area contributed by atoms with Crippen molar-refractivity contribution in [3.63, 3.8) is 0 Å². The molecular weight excluding hydrogens is 160 g/mol. The summed E-state index contributed by atoms with van der Waals surface area (Å²) in [6.07, 6.45) is 5.20. The van der Waals surface area contributed by atoms with Gasteiger partial charge >= 0.3 is 0 Å². The number of phenolic OH excluding ortho intramolecular Hbond substituents is 1. The molecular formula is C12H16O. The summed E-state index contributed by atoms with van der Waals surface area (Å²) < 4.78 is 0. The van der Waals surface area contributed by atoms with Crippen LogP contribution in [0.5, 0.6) is 5.75 Å². The van der Waals surface area contributed by atoms with Crippen LogP contribution >= 0.6 is 0 Å². The van der Waals surface area contributed by atoms with Gasteiger partial charge in [-0.1, -0.05) is 25.5 Å². The highest BCUT2D eigenvalue weighted by Gasteiger charge is 2.36. The Kier molecular flexibility index (Phi) is 2.03. The van der Waals surface area contributed by atoms with Gasteiger partial charge in [-0.05, 0) is 42.4 Å². The lowest BCUT2D eigenvalue weighted by Gasteiger charge is -2.42. The standard InChI is InChI=1S/C12H16O/c1-2-12(8-3-9-12)10-4-6-11(13)7-5-10/h4-7,13H,2-3,8-9H2,1H3. The van der Waals surface area contributed by atoms with E-state index in [0.29, 0.717) is 11.2 Å². The minimum absolute atomic E-state index is 0.370. The fourth-order valence-electron chi connectivity index (χ4n) is 2.26. The number of benzene rings is 1. The summed E-state index contributed by atoms with van der Waals surface area (Å²) in [5, 5.41) is 9.19. The van der Waals surface area contributed by atoms with E-state index in [-0.39, 0.29) is 0 Å². The Morgan fingerprint density at radius 1 is 1.23 bits per heavy atom. The molecule has 1 aromatic rings. The molecule has 0 heterocycles. The van der Waals surface area contributed by atoms with Gasteiger partial charge in [0, 0.05) is 0 Å². The Labute approximate surface area is 79.4 Å². The molecule has 0 radical (unpaired) electrons. The van der Waals surface area contributed by atoms with Crippen molar-refractivity contribution in [1.29, 1.82) is 0 Å². The predicted octanol–water partition coefficient (Wildman–Crippen LogP) is 3.22. The molecule has 2 rings (SSSR count). The van der Waals surface area contributed by atoms with Crippen LogP contribution in [0.15, 0.2) is 24.3 Å². The van der Waals surface area contributed by atoms with Crippen molar-refractivity contribution in [2.24, 2.45) is 0 Å². The van der Waals surface area contributed by atoms with E-state index in [1.807, 2.05) is 0 Å². The van der Waals surface area contributed by atoms with Gasteiger partial charge in [-0.3, -0.25) is 0 Å². The van der Waals surface area contributed by atoms with E-state index in [2.05, 4.69) is 19.1 Å². The first-order chi connectivity index (χ1) is 6.27. The normalized spacial score (nSPS) is 19.5. The van der Waals surface area contributed by atoms with Crippen molar-refractivity contribution in [1.82, 2.24) is 0 Å². The van der Waals surface area contributed by atoms with Gasteiger partial charge in [-0.2, -0.15) is 0 Å². The second-order valence-electron chi connectivity index (χ2n) is 4.03. The van der Waals surface area contributed by atoms with E-state index in [1.54, 1.807) is 12.1 Å². The maximum Gasteiger partial charge on any atom is 0.115 e. The Hall–Kier alpha value is -0.980. The molecule has 13 heavy (non-hydrogen) atoms. The van der Waals surface area contributed by atoms with Crippen LogP contribution in [0.2, 0.25) is 0 Å². The molecule has 0 atom stereocenters. The quantitative estimate of drug-likeness (QED) is 0.733. The molecule has 1 heteroatoms. The fourth-order valence-corrected chi connectivity index (χ4v) is 2.26. The number of hydrogen-bond acceptors (Lipinski definition) is 1. The highest BCUT2D eigenvalue weighted by Crippen LogP contribution is 2.46. The minimum Gasteiger partial charge on any atom is -0.508 e. The molecule has 1 nitrogen and oxygen atoms in total. The van der Waals surface area contributed by atoms with Crippen molar-refractivity contribution in [3.05, 3.63) is 29.8 Å². The fraction of sp³-hybridized carbons (Fsp3) is 0.500. The van der Waals surface area contributed by atoms with Crippen molar-refractivity contribution in [3.8, 4) is 5.75 Å². The van der Waals surface area contributed by atoms with Gasteiger partial charge in [0.1, 0.15) is 5.75 Å². The molecule has 0 spiro atoms. The highest BCUT2D eigenvalue weighted by molar-refractivity contribution is 5.33. The second-order valence-corrected chi connectivity index (χ2v) is 4.03. The van der Waals surface area contributed by atoms with Gasteiger partial charge in [0.2, 0.25) is 0 Å². The first-order valence-electron chi connectivity index (χ1n) is 5.06. The lowest BCUT2D eigenvalue weighted by molar-refractivity contribution is 0.234. The minimum atomic E-state index is 0.370. The van der Waals surface area contributed by atoms with Crippen LogP contribution in [0, 0.1) is 0 Å². The van der Waals surface area contributed by atoms with E-state index in [0.717, 1.165) is 0 Å². The summed E-state index contributed by atoms with van der Waals surface area (Å²) in [7, 11) is 0. The first kappa shape index (κ1) is 8.61. The second kappa shape index (κ2) is 3.06. The van der Waals surface area contributed by atoms with Crippen molar-refractivity contribution < 1.29 is 5.11 Å². The van der Waals surface area contributed by atoms with E-state index >= 15 is 0 Å². The SMILES string of the molecule is CCC1(c2ccc(O)cc2)CCC1. The monoisotopic (exact) mass is 176 g/mol. The lowest BCUT2D eigenvalue weighted by atomic mass is 9.63. The van der Waals surface area contributed by atoms with E-state index in [9.17, 15) is 5.11 Å². The Morgan fingerprint density at radius 2 is 1.85 bits per heavy atom. The van der Waals surface area contributed by atoms with Gasteiger partial charge in [-0.15, -0.1) is 0 Å². The summed E-state index contributed by atoms with van der Waals surface area (Å²) >= 11 is 0. The molecule has 0 saturated heterocycles. The summed E-state index contributed by atoms with van der Waals surface area (Å²) in [6, 6.07) is 7.73. The molecule has 0 amide bonds. The lowest BCUT2D eigenvalue weighted by Crippen LogP contribution is -2.33. The van der Waals surface area contributed by atoms with Gasteiger partial charge in [0.15, 0.2) is 0 Å². The molecule has 0 unspecified atom stereocenters. The van der Waals surface area contributed by atoms with Gasteiger partial charge in [0.25, 0.3) is 0 Å². The van der Waals surface area contributed by atoms with Crippen LogP contribution in [0.1, 0.15) is 38.2 Å². The van der Waals surface area contributed by atoms with Crippen LogP contribution < -0.4 is 0 Å². The third-order valence-corrected chi connectivity index (χ3v) is 3.47. The van der Waals surface area contributed by atoms with Gasteiger partial charge in [-0.25, -0.2) is 0 Å². The molecule has 1 fully saturated rings. The molecule has 1 saturated carbocycles. The Balaban J connectivity index is 2.28. The van der Waals surface area contributed by atoms with Crippen LogP contribution in [-0.2, 0) is 5.41 Å². The molecule has 1 aliphatic carbocycles. The van der Waals surface area contributed by atoms with Crippen molar-refractivity contribution in [2.45, 2.75) is 38.0 Å². The molecule has 1 aromatic carbocycles. The summed E-state index contributed by atoms with van der Waals surface area (Å²) in [5.41, 5.74) is 1.84. The zero-order valence-corrected chi connectivity index (χ0v) is 8.09. The van der Waals surface area contributed by atoms with Crippen molar-refractivity contribution in [2.75, 3.05) is 0 Å². The van der Waals surface area contributed by atoms with Crippen molar-refractivity contribution >= 4 is 0 Å². The van der Waals surface area contributed by atoms with E-state index < -0.39 is 0 Å². The Morgan fingerprint density at radius 3 is 2.23 bits per heavy atom. The van der Waals surface area contributed by atoms with Gasteiger partial charge < -0.3 is 5.11 Å². The zero-order chi connectivity index (χ0) is 9.31. The van der Waals surface area contributed by atoms with Gasteiger partial charge in [0.05, 0.1) is 0 Å².